The second-order valence-electron chi connectivity index (χ2n) is 5.17. The van der Waals surface area contributed by atoms with Crippen LogP contribution in [0.4, 0.5) is 0 Å². The molecule has 3 heteroatoms. The molecular weight excluding hydrogens is 246 g/mol. The second-order valence-corrected chi connectivity index (χ2v) is 5.61. The minimum absolute atomic E-state index is 0.231. The number of hydrogen-bond acceptors (Lipinski definition) is 2. The number of likely N-dealkylation sites (tertiary alicyclic amines) is 1. The van der Waals surface area contributed by atoms with Crippen LogP contribution in [0.1, 0.15) is 51.1 Å². The van der Waals surface area contributed by atoms with E-state index in [0.717, 1.165) is 12.1 Å². The van der Waals surface area contributed by atoms with Crippen molar-refractivity contribution in [3.8, 4) is 5.75 Å². The van der Waals surface area contributed by atoms with Crippen molar-refractivity contribution < 1.29 is 5.11 Å². The number of halogens is 1. The minimum atomic E-state index is 0.231. The molecule has 0 aromatic heterocycles. The summed E-state index contributed by atoms with van der Waals surface area (Å²) in [4.78, 5) is 2.51. The van der Waals surface area contributed by atoms with Gasteiger partial charge < -0.3 is 5.11 Å². The molecule has 1 aromatic carbocycles. The topological polar surface area (TPSA) is 23.5 Å². The van der Waals surface area contributed by atoms with Crippen LogP contribution in [0.3, 0.4) is 0 Å². The first-order chi connectivity index (χ1) is 8.63. The number of benzene rings is 1. The number of piperidine rings is 1. The molecule has 0 bridgehead atoms. The highest BCUT2D eigenvalue weighted by Gasteiger charge is 2.27. The Balaban J connectivity index is 2.23. The number of phenols is 1. The molecule has 1 N–H and O–H groups in total. The van der Waals surface area contributed by atoms with Gasteiger partial charge in [0.25, 0.3) is 0 Å². The Kier molecular flexibility index (Phi) is 4.52. The maximum absolute atomic E-state index is 10.0. The van der Waals surface area contributed by atoms with Gasteiger partial charge in [0.15, 0.2) is 0 Å². The largest absolute Gasteiger partial charge is 0.508 e. The van der Waals surface area contributed by atoms with Crippen LogP contribution < -0.4 is 0 Å². The Hall–Kier alpha value is -0.730. The first-order valence-electron chi connectivity index (χ1n) is 6.87. The molecule has 0 radical (unpaired) electrons. The fourth-order valence-corrected chi connectivity index (χ4v) is 3.19. The predicted molar refractivity (Wildman–Crippen MR) is 76.2 cm³/mol. The number of rotatable bonds is 3. The van der Waals surface area contributed by atoms with Crippen molar-refractivity contribution in [1.29, 1.82) is 0 Å². The van der Waals surface area contributed by atoms with Crippen LogP contribution in [0, 0.1) is 0 Å². The molecule has 1 aliphatic rings. The molecule has 1 aliphatic heterocycles. The zero-order valence-corrected chi connectivity index (χ0v) is 12.0. The summed E-state index contributed by atoms with van der Waals surface area (Å²) < 4.78 is 0. The monoisotopic (exact) mass is 267 g/mol. The van der Waals surface area contributed by atoms with Gasteiger partial charge in [-0.05, 0) is 50.9 Å². The molecule has 2 nitrogen and oxygen atoms in total. The highest BCUT2D eigenvalue weighted by molar-refractivity contribution is 6.30. The highest BCUT2D eigenvalue weighted by Crippen LogP contribution is 2.35. The first kappa shape index (κ1) is 13.7. The van der Waals surface area contributed by atoms with Crippen LogP contribution in [-0.2, 0) is 0 Å². The van der Waals surface area contributed by atoms with E-state index >= 15 is 0 Å². The van der Waals surface area contributed by atoms with Gasteiger partial charge in [-0.3, -0.25) is 4.90 Å². The quantitative estimate of drug-likeness (QED) is 0.879. The van der Waals surface area contributed by atoms with E-state index in [1.54, 1.807) is 12.1 Å². The lowest BCUT2D eigenvalue weighted by Crippen LogP contribution is -2.40. The van der Waals surface area contributed by atoms with Gasteiger partial charge in [0, 0.05) is 22.7 Å². The van der Waals surface area contributed by atoms with E-state index in [9.17, 15) is 5.11 Å². The van der Waals surface area contributed by atoms with Gasteiger partial charge in [-0.15, -0.1) is 0 Å². The molecule has 1 saturated heterocycles. The van der Waals surface area contributed by atoms with E-state index in [4.69, 9.17) is 11.6 Å². The van der Waals surface area contributed by atoms with Gasteiger partial charge in [-0.2, -0.15) is 0 Å². The van der Waals surface area contributed by atoms with Crippen LogP contribution >= 0.6 is 11.6 Å². The Bertz CT molecular complexity index is 407. The molecule has 18 heavy (non-hydrogen) atoms. The molecule has 1 aromatic rings. The average Bonchev–Trinajstić information content (AvgIpc) is 2.40. The van der Waals surface area contributed by atoms with E-state index < -0.39 is 0 Å². The van der Waals surface area contributed by atoms with Crippen LogP contribution in [-0.4, -0.2) is 22.6 Å². The molecule has 2 rings (SSSR count). The summed E-state index contributed by atoms with van der Waals surface area (Å²) in [6.45, 7) is 5.53. The normalized spacial score (nSPS) is 22.9. The number of phenolic OH excluding ortho intramolecular Hbond substituents is 1. The smallest absolute Gasteiger partial charge is 0.120 e. The molecule has 1 heterocycles. The Morgan fingerprint density at radius 3 is 2.94 bits per heavy atom. The maximum atomic E-state index is 10.0. The minimum Gasteiger partial charge on any atom is -0.508 e. The molecule has 0 amide bonds. The molecule has 2 unspecified atom stereocenters. The van der Waals surface area contributed by atoms with Gasteiger partial charge in [-0.25, -0.2) is 0 Å². The molecular formula is C15H22ClNO. The van der Waals surface area contributed by atoms with Gasteiger partial charge >= 0.3 is 0 Å². The zero-order valence-electron chi connectivity index (χ0n) is 11.2. The van der Waals surface area contributed by atoms with E-state index in [1.165, 1.54) is 25.7 Å². The van der Waals surface area contributed by atoms with Gasteiger partial charge in [0.05, 0.1) is 0 Å². The Labute approximate surface area is 115 Å². The molecule has 0 aliphatic carbocycles. The molecule has 100 valence electrons. The number of hydrogen-bond donors (Lipinski definition) is 1. The van der Waals surface area contributed by atoms with Crippen molar-refractivity contribution in [3.63, 3.8) is 0 Å². The molecule has 0 spiro atoms. The molecule has 0 saturated carbocycles. The molecule has 2 atom stereocenters. The summed E-state index contributed by atoms with van der Waals surface area (Å²) in [6.07, 6.45) is 5.01. The van der Waals surface area contributed by atoms with E-state index in [2.05, 4.69) is 18.7 Å². The first-order valence-corrected chi connectivity index (χ1v) is 7.25. The van der Waals surface area contributed by atoms with Crippen LogP contribution in [0.5, 0.6) is 5.75 Å². The van der Waals surface area contributed by atoms with Crippen molar-refractivity contribution in [2.45, 2.75) is 51.6 Å². The number of nitrogens with zero attached hydrogens (tertiary/aromatic N) is 1. The predicted octanol–water partition coefficient (Wildman–Crippen LogP) is 4.37. The van der Waals surface area contributed by atoms with Crippen LogP contribution in [0.2, 0.25) is 5.02 Å². The average molecular weight is 268 g/mol. The third kappa shape index (κ3) is 2.81. The third-order valence-electron chi connectivity index (χ3n) is 4.08. The van der Waals surface area contributed by atoms with Crippen LogP contribution in [0.25, 0.3) is 0 Å². The van der Waals surface area contributed by atoms with Gasteiger partial charge in [0.2, 0.25) is 0 Å². The summed E-state index contributed by atoms with van der Waals surface area (Å²) in [5.74, 6) is 0.354. The van der Waals surface area contributed by atoms with Gasteiger partial charge in [0.1, 0.15) is 5.75 Å². The number of aromatic hydroxyl groups is 1. The lowest BCUT2D eigenvalue weighted by molar-refractivity contribution is 0.0988. The molecule has 1 fully saturated rings. The Morgan fingerprint density at radius 2 is 2.22 bits per heavy atom. The van der Waals surface area contributed by atoms with E-state index in [0.29, 0.717) is 16.8 Å². The summed E-state index contributed by atoms with van der Waals surface area (Å²) in [5, 5.41) is 10.7. The highest BCUT2D eigenvalue weighted by atomic mass is 35.5. The van der Waals surface area contributed by atoms with Crippen LogP contribution in [0.15, 0.2) is 18.2 Å². The van der Waals surface area contributed by atoms with Crippen molar-refractivity contribution in [3.05, 3.63) is 28.8 Å². The van der Waals surface area contributed by atoms with Crippen molar-refractivity contribution >= 4 is 11.6 Å². The lowest BCUT2D eigenvalue weighted by atomic mass is 9.95. The van der Waals surface area contributed by atoms with E-state index in [-0.39, 0.29) is 6.04 Å². The second kappa shape index (κ2) is 5.94. The SMILES string of the molecule is CCC1CCCCN1C(C)c1cc(Cl)ccc1O. The standard InChI is InChI=1S/C15H22ClNO/c1-3-13-6-4-5-9-17(13)11(2)14-10-12(16)7-8-15(14)18/h7-8,10-11,13,18H,3-6,9H2,1-2H3. The van der Waals surface area contributed by atoms with E-state index in [1.807, 2.05) is 6.07 Å². The maximum Gasteiger partial charge on any atom is 0.120 e. The Morgan fingerprint density at radius 1 is 1.44 bits per heavy atom. The summed E-state index contributed by atoms with van der Waals surface area (Å²) in [5.41, 5.74) is 0.947. The van der Waals surface area contributed by atoms with Crippen molar-refractivity contribution in [2.24, 2.45) is 0 Å². The van der Waals surface area contributed by atoms with Gasteiger partial charge in [-0.1, -0.05) is 24.9 Å². The van der Waals surface area contributed by atoms with Crippen molar-refractivity contribution in [2.75, 3.05) is 6.54 Å². The summed E-state index contributed by atoms with van der Waals surface area (Å²) >= 11 is 6.04. The fourth-order valence-electron chi connectivity index (χ4n) is 3.01. The third-order valence-corrected chi connectivity index (χ3v) is 4.32. The zero-order chi connectivity index (χ0) is 13.1. The lowest BCUT2D eigenvalue weighted by Gasteiger charge is -2.40. The van der Waals surface area contributed by atoms with Crippen molar-refractivity contribution in [1.82, 2.24) is 4.90 Å². The fraction of sp³-hybridized carbons (Fsp3) is 0.600. The summed E-state index contributed by atoms with van der Waals surface area (Å²) in [7, 11) is 0. The summed E-state index contributed by atoms with van der Waals surface area (Å²) in [6, 6.07) is 6.18.